The van der Waals surface area contributed by atoms with Crippen LogP contribution < -0.4 is 0 Å². The van der Waals surface area contributed by atoms with Crippen LogP contribution in [0.2, 0.25) is 0 Å². The maximum absolute atomic E-state index is 12.9. The number of hydrogen-bond donors (Lipinski definition) is 0. The van der Waals surface area contributed by atoms with Crippen LogP contribution in [0.3, 0.4) is 0 Å². The van der Waals surface area contributed by atoms with Gasteiger partial charge in [0.1, 0.15) is 5.82 Å². The molecule has 0 amide bonds. The maximum atomic E-state index is 12.9. The number of benzene rings is 1. The highest BCUT2D eigenvalue weighted by molar-refractivity contribution is 5.27. The minimum Gasteiger partial charge on any atom is -0.206 e. The van der Waals surface area contributed by atoms with E-state index < -0.39 is 17.6 Å². The third-order valence-electron chi connectivity index (χ3n) is 1.98. The zero-order valence-corrected chi connectivity index (χ0v) is 8.53. The average Bonchev–Trinajstić information content (AvgIpc) is 2.05. The Hall–Kier alpha value is -1.06. The summed E-state index contributed by atoms with van der Waals surface area (Å²) in [5.74, 6) is -0.966. The van der Waals surface area contributed by atoms with Crippen LogP contribution in [0.5, 0.6) is 0 Å². The Kier molecular flexibility index (Phi) is 3.37. The molecule has 1 rings (SSSR count). The summed E-state index contributed by atoms with van der Waals surface area (Å²) >= 11 is 0. The lowest BCUT2D eigenvalue weighted by atomic mass is 10.0. The Labute approximate surface area is 85.9 Å². The van der Waals surface area contributed by atoms with Crippen molar-refractivity contribution in [2.75, 3.05) is 0 Å². The van der Waals surface area contributed by atoms with E-state index in [1.807, 2.05) is 13.8 Å². The maximum Gasteiger partial charge on any atom is 0.419 e. The molecule has 0 nitrogen and oxygen atoms in total. The number of rotatable bonds is 2. The van der Waals surface area contributed by atoms with Crippen LogP contribution in [0.25, 0.3) is 0 Å². The van der Waals surface area contributed by atoms with Crippen molar-refractivity contribution in [3.63, 3.8) is 0 Å². The van der Waals surface area contributed by atoms with E-state index in [1.165, 1.54) is 6.07 Å². The monoisotopic (exact) mass is 220 g/mol. The first kappa shape index (κ1) is 12.0. The number of alkyl halides is 3. The van der Waals surface area contributed by atoms with Crippen LogP contribution in [-0.4, -0.2) is 0 Å². The minimum atomic E-state index is -4.61. The topological polar surface area (TPSA) is 0 Å². The van der Waals surface area contributed by atoms with E-state index in [0.29, 0.717) is 12.0 Å². The van der Waals surface area contributed by atoms with E-state index >= 15 is 0 Å². The summed E-state index contributed by atoms with van der Waals surface area (Å²) in [6, 6.07) is 3.15. The van der Waals surface area contributed by atoms with Crippen LogP contribution in [0, 0.1) is 11.7 Å². The van der Waals surface area contributed by atoms with Crippen LogP contribution in [0.1, 0.15) is 25.0 Å². The zero-order valence-electron chi connectivity index (χ0n) is 8.53. The molecule has 0 spiro atoms. The van der Waals surface area contributed by atoms with Crippen molar-refractivity contribution in [1.82, 2.24) is 0 Å². The van der Waals surface area contributed by atoms with Crippen molar-refractivity contribution in [2.24, 2.45) is 5.92 Å². The first-order chi connectivity index (χ1) is 6.80. The Morgan fingerprint density at radius 3 is 2.27 bits per heavy atom. The quantitative estimate of drug-likeness (QED) is 0.660. The molecule has 1 aromatic rings. The molecule has 15 heavy (non-hydrogen) atoms. The van der Waals surface area contributed by atoms with Crippen molar-refractivity contribution in [1.29, 1.82) is 0 Å². The highest BCUT2D eigenvalue weighted by atomic mass is 19.4. The molecule has 0 unspecified atom stereocenters. The Morgan fingerprint density at radius 2 is 1.80 bits per heavy atom. The van der Waals surface area contributed by atoms with Gasteiger partial charge in [0.25, 0.3) is 0 Å². The Balaban J connectivity index is 3.06. The van der Waals surface area contributed by atoms with Gasteiger partial charge in [-0.05, 0) is 30.0 Å². The fraction of sp³-hybridized carbons (Fsp3) is 0.455. The van der Waals surface area contributed by atoms with E-state index in [-0.39, 0.29) is 5.92 Å². The van der Waals surface area contributed by atoms with Crippen molar-refractivity contribution in [3.8, 4) is 0 Å². The van der Waals surface area contributed by atoms with E-state index in [0.717, 1.165) is 12.1 Å². The molecule has 0 N–H and O–H groups in total. The van der Waals surface area contributed by atoms with E-state index in [1.54, 1.807) is 0 Å². The summed E-state index contributed by atoms with van der Waals surface area (Å²) in [7, 11) is 0. The molecule has 0 radical (unpaired) electrons. The molecule has 0 fully saturated rings. The molecular formula is C11H12F4. The van der Waals surface area contributed by atoms with Crippen LogP contribution in [-0.2, 0) is 12.6 Å². The highest BCUT2D eigenvalue weighted by Crippen LogP contribution is 2.32. The molecule has 0 saturated heterocycles. The third-order valence-corrected chi connectivity index (χ3v) is 1.98. The largest absolute Gasteiger partial charge is 0.419 e. The molecule has 0 aliphatic heterocycles. The van der Waals surface area contributed by atoms with E-state index in [9.17, 15) is 17.6 Å². The van der Waals surface area contributed by atoms with Crippen LogP contribution in [0.15, 0.2) is 18.2 Å². The van der Waals surface area contributed by atoms with Gasteiger partial charge in [0.05, 0.1) is 5.56 Å². The fourth-order valence-electron chi connectivity index (χ4n) is 1.39. The molecule has 84 valence electrons. The summed E-state index contributed by atoms with van der Waals surface area (Å²) in [6.07, 6.45) is -4.10. The van der Waals surface area contributed by atoms with Gasteiger partial charge in [-0.3, -0.25) is 0 Å². The standard InChI is InChI=1S/C11H12F4/c1-7(2)5-8-3-4-10(12)9(6-8)11(13,14)15/h3-4,6-7H,5H2,1-2H3. The molecule has 0 bridgehead atoms. The fourth-order valence-corrected chi connectivity index (χ4v) is 1.39. The zero-order chi connectivity index (χ0) is 11.6. The van der Waals surface area contributed by atoms with Crippen molar-refractivity contribution < 1.29 is 17.6 Å². The smallest absolute Gasteiger partial charge is 0.206 e. The SMILES string of the molecule is CC(C)Cc1ccc(F)c(C(F)(F)F)c1. The predicted molar refractivity (Wildman–Crippen MR) is 49.9 cm³/mol. The lowest BCUT2D eigenvalue weighted by Crippen LogP contribution is -2.09. The molecule has 0 aromatic heterocycles. The van der Waals surface area contributed by atoms with Crippen LogP contribution in [0.4, 0.5) is 17.6 Å². The number of hydrogen-bond acceptors (Lipinski definition) is 0. The Bertz CT molecular complexity index is 339. The molecule has 0 atom stereocenters. The number of halogens is 4. The summed E-state index contributed by atoms with van der Waals surface area (Å²) in [5.41, 5.74) is -0.667. The van der Waals surface area contributed by atoms with Gasteiger partial charge < -0.3 is 0 Å². The molecule has 0 saturated carbocycles. The molecule has 0 aliphatic rings. The predicted octanol–water partition coefficient (Wildman–Crippen LogP) is 4.04. The van der Waals surface area contributed by atoms with Gasteiger partial charge in [-0.25, -0.2) is 4.39 Å². The van der Waals surface area contributed by atoms with Crippen molar-refractivity contribution in [2.45, 2.75) is 26.4 Å². The molecule has 0 heterocycles. The van der Waals surface area contributed by atoms with Crippen molar-refractivity contribution >= 4 is 0 Å². The van der Waals surface area contributed by atoms with Gasteiger partial charge in [0.2, 0.25) is 0 Å². The highest BCUT2D eigenvalue weighted by Gasteiger charge is 2.34. The first-order valence-corrected chi connectivity index (χ1v) is 4.66. The summed E-state index contributed by atoms with van der Waals surface area (Å²) < 4.78 is 49.9. The van der Waals surface area contributed by atoms with Crippen molar-refractivity contribution in [3.05, 3.63) is 35.1 Å². The third kappa shape index (κ3) is 3.22. The van der Waals surface area contributed by atoms with Gasteiger partial charge in [-0.15, -0.1) is 0 Å². The van der Waals surface area contributed by atoms with Gasteiger partial charge in [-0.1, -0.05) is 19.9 Å². The minimum absolute atomic E-state index is 0.247. The second-order valence-electron chi connectivity index (χ2n) is 3.91. The summed E-state index contributed by atoms with van der Waals surface area (Å²) in [5, 5.41) is 0. The Morgan fingerprint density at radius 1 is 1.20 bits per heavy atom. The average molecular weight is 220 g/mol. The van der Waals surface area contributed by atoms with Crippen LogP contribution >= 0.6 is 0 Å². The molecular weight excluding hydrogens is 208 g/mol. The second-order valence-corrected chi connectivity index (χ2v) is 3.91. The van der Waals surface area contributed by atoms with Gasteiger partial charge >= 0.3 is 6.18 Å². The second kappa shape index (κ2) is 4.21. The summed E-state index contributed by atoms with van der Waals surface area (Å²) in [4.78, 5) is 0. The first-order valence-electron chi connectivity index (χ1n) is 4.66. The molecule has 1 aromatic carbocycles. The van der Waals surface area contributed by atoms with E-state index in [4.69, 9.17) is 0 Å². The van der Waals surface area contributed by atoms with Gasteiger partial charge in [0.15, 0.2) is 0 Å². The lowest BCUT2D eigenvalue weighted by molar-refractivity contribution is -0.140. The van der Waals surface area contributed by atoms with Gasteiger partial charge in [0, 0.05) is 0 Å². The van der Waals surface area contributed by atoms with E-state index in [2.05, 4.69) is 0 Å². The normalized spacial score (nSPS) is 12.2. The molecule has 0 aliphatic carbocycles. The summed E-state index contributed by atoms with van der Waals surface area (Å²) in [6.45, 7) is 3.80. The lowest BCUT2D eigenvalue weighted by Gasteiger charge is -2.11. The van der Waals surface area contributed by atoms with Gasteiger partial charge in [-0.2, -0.15) is 13.2 Å². The molecule has 4 heteroatoms.